The molecule has 3 N–H and O–H groups in total. The molecule has 0 saturated heterocycles. The highest BCUT2D eigenvalue weighted by Crippen LogP contribution is 2.27. The highest BCUT2D eigenvalue weighted by Gasteiger charge is 2.21. The van der Waals surface area contributed by atoms with Crippen LogP contribution in [0.5, 0.6) is 5.75 Å². The maximum absolute atomic E-state index is 11.9. The van der Waals surface area contributed by atoms with Crippen LogP contribution in [0, 0.1) is 0 Å². The van der Waals surface area contributed by atoms with Crippen LogP contribution in [0.4, 0.5) is 4.79 Å². The molecule has 6 heteroatoms. The second-order valence-corrected chi connectivity index (χ2v) is 5.90. The van der Waals surface area contributed by atoms with Crippen molar-refractivity contribution in [3.05, 3.63) is 29.8 Å². The summed E-state index contributed by atoms with van der Waals surface area (Å²) in [5, 5.41) is 2.81. The van der Waals surface area contributed by atoms with E-state index in [0.29, 0.717) is 12.2 Å². The number of hydrogen-bond acceptors (Lipinski definition) is 4. The van der Waals surface area contributed by atoms with Crippen LogP contribution < -0.4 is 15.8 Å². The van der Waals surface area contributed by atoms with E-state index in [1.807, 2.05) is 19.1 Å². The topological polar surface area (TPSA) is 90.7 Å². The number of carbonyl (C=O) groups is 2. The lowest BCUT2D eigenvalue weighted by molar-refractivity contribution is -0.119. The Morgan fingerprint density at radius 3 is 2.45 bits per heavy atom. The zero-order valence-corrected chi connectivity index (χ0v) is 13.5. The van der Waals surface area contributed by atoms with Crippen molar-refractivity contribution in [3.8, 4) is 5.75 Å². The quantitative estimate of drug-likeness (QED) is 0.845. The number of nitrogens with one attached hydrogen (secondary N) is 1. The molecule has 0 aromatic heterocycles. The smallest absolute Gasteiger partial charge is 0.408 e. The van der Waals surface area contributed by atoms with Gasteiger partial charge in [-0.05, 0) is 33.3 Å². The van der Waals surface area contributed by atoms with Crippen molar-refractivity contribution in [1.82, 2.24) is 5.32 Å². The molecule has 0 aliphatic heterocycles. The molecular formula is C16H24N2O4. The molecule has 2 amide bonds. The van der Waals surface area contributed by atoms with Gasteiger partial charge in [0.05, 0.1) is 6.04 Å². The monoisotopic (exact) mass is 308 g/mol. The van der Waals surface area contributed by atoms with E-state index in [-0.39, 0.29) is 12.6 Å². The van der Waals surface area contributed by atoms with Gasteiger partial charge in [-0.1, -0.05) is 25.1 Å². The number of carbonyl (C=O) groups excluding carboxylic acids is 2. The van der Waals surface area contributed by atoms with Gasteiger partial charge in [0.2, 0.25) is 0 Å². The van der Waals surface area contributed by atoms with E-state index in [2.05, 4.69) is 5.32 Å². The third-order valence-corrected chi connectivity index (χ3v) is 2.76. The van der Waals surface area contributed by atoms with Crippen molar-refractivity contribution < 1.29 is 19.1 Å². The van der Waals surface area contributed by atoms with Gasteiger partial charge >= 0.3 is 6.09 Å². The second kappa shape index (κ2) is 7.68. The minimum atomic E-state index is -0.565. The minimum Gasteiger partial charge on any atom is -0.483 e. The predicted octanol–water partition coefficient (Wildman–Crippen LogP) is 2.53. The SMILES string of the molecule is CCC(NC(=O)OC(C)(C)C)c1ccccc1OCC(N)=O. The van der Waals surface area contributed by atoms with Gasteiger partial charge < -0.3 is 20.5 Å². The molecule has 0 aliphatic rings. The Morgan fingerprint density at radius 2 is 1.91 bits per heavy atom. The third-order valence-electron chi connectivity index (χ3n) is 2.76. The molecule has 0 fully saturated rings. The summed E-state index contributed by atoms with van der Waals surface area (Å²) < 4.78 is 10.7. The molecule has 1 aromatic carbocycles. The van der Waals surface area contributed by atoms with Gasteiger partial charge in [-0.15, -0.1) is 0 Å². The maximum Gasteiger partial charge on any atom is 0.408 e. The van der Waals surface area contributed by atoms with Crippen LogP contribution in [0.25, 0.3) is 0 Å². The molecule has 6 nitrogen and oxygen atoms in total. The van der Waals surface area contributed by atoms with Crippen molar-refractivity contribution in [2.24, 2.45) is 5.73 Å². The number of benzene rings is 1. The van der Waals surface area contributed by atoms with Crippen molar-refractivity contribution in [1.29, 1.82) is 0 Å². The average molecular weight is 308 g/mol. The molecule has 0 saturated carbocycles. The van der Waals surface area contributed by atoms with Gasteiger partial charge in [0, 0.05) is 5.56 Å². The molecule has 0 spiro atoms. The molecule has 1 unspecified atom stereocenters. The first kappa shape index (κ1) is 17.8. The number of nitrogens with two attached hydrogens (primary N) is 1. The van der Waals surface area contributed by atoms with E-state index in [4.69, 9.17) is 15.2 Å². The zero-order valence-electron chi connectivity index (χ0n) is 13.5. The first-order valence-corrected chi connectivity index (χ1v) is 7.22. The average Bonchev–Trinajstić information content (AvgIpc) is 2.41. The molecule has 1 atom stereocenters. The van der Waals surface area contributed by atoms with Crippen molar-refractivity contribution >= 4 is 12.0 Å². The summed E-state index contributed by atoms with van der Waals surface area (Å²) in [5.74, 6) is -0.0350. The number of ether oxygens (including phenoxy) is 2. The van der Waals surface area contributed by atoms with Crippen LogP contribution in [0.2, 0.25) is 0 Å². The normalized spacial score (nSPS) is 12.4. The Labute approximate surface area is 131 Å². The number of rotatable bonds is 6. The van der Waals surface area contributed by atoms with Crippen LogP contribution in [0.15, 0.2) is 24.3 Å². The highest BCUT2D eigenvalue weighted by molar-refractivity contribution is 5.75. The molecule has 22 heavy (non-hydrogen) atoms. The van der Waals surface area contributed by atoms with Gasteiger partial charge in [0.25, 0.3) is 5.91 Å². The lowest BCUT2D eigenvalue weighted by atomic mass is 10.0. The Balaban J connectivity index is 2.86. The molecule has 0 bridgehead atoms. The molecule has 0 radical (unpaired) electrons. The van der Waals surface area contributed by atoms with Crippen molar-refractivity contribution in [3.63, 3.8) is 0 Å². The summed E-state index contributed by atoms with van der Waals surface area (Å²) in [6.07, 6.45) is 0.153. The van der Waals surface area contributed by atoms with Gasteiger partial charge in [0.15, 0.2) is 6.61 Å². The molecule has 0 heterocycles. The highest BCUT2D eigenvalue weighted by atomic mass is 16.6. The van der Waals surface area contributed by atoms with Gasteiger partial charge in [-0.3, -0.25) is 4.79 Å². The zero-order chi connectivity index (χ0) is 16.8. The molecule has 122 valence electrons. The summed E-state index contributed by atoms with van der Waals surface area (Å²) in [7, 11) is 0. The Kier molecular flexibility index (Phi) is 6.22. The van der Waals surface area contributed by atoms with Crippen LogP contribution in [-0.2, 0) is 9.53 Å². The standard InChI is InChI=1S/C16H24N2O4/c1-5-12(18-15(20)22-16(2,3)4)11-8-6-7-9-13(11)21-10-14(17)19/h6-9,12H,5,10H2,1-4H3,(H2,17,19)(H,18,20). The Hall–Kier alpha value is -2.24. The summed E-state index contributed by atoms with van der Waals surface area (Å²) in [4.78, 5) is 22.8. The van der Waals surface area contributed by atoms with Crippen LogP contribution in [0.1, 0.15) is 45.7 Å². The largest absolute Gasteiger partial charge is 0.483 e. The van der Waals surface area contributed by atoms with Crippen molar-refractivity contribution in [2.75, 3.05) is 6.61 Å². The van der Waals surface area contributed by atoms with Gasteiger partial charge in [-0.25, -0.2) is 4.79 Å². The van der Waals surface area contributed by atoms with Crippen LogP contribution in [0.3, 0.4) is 0 Å². The number of primary amides is 1. The van der Waals surface area contributed by atoms with E-state index < -0.39 is 17.6 Å². The van der Waals surface area contributed by atoms with Crippen molar-refractivity contribution in [2.45, 2.75) is 45.8 Å². The summed E-state index contributed by atoms with van der Waals surface area (Å²) in [5.41, 5.74) is 5.31. The number of amides is 2. The molecular weight excluding hydrogens is 284 g/mol. The Bertz CT molecular complexity index is 523. The number of para-hydroxylation sites is 1. The van der Waals surface area contributed by atoms with Crippen LogP contribution >= 0.6 is 0 Å². The second-order valence-electron chi connectivity index (χ2n) is 5.90. The number of hydrogen-bond donors (Lipinski definition) is 2. The minimum absolute atomic E-state index is 0.208. The molecule has 1 rings (SSSR count). The molecule has 0 aliphatic carbocycles. The fraction of sp³-hybridized carbons (Fsp3) is 0.500. The maximum atomic E-state index is 11.9. The lowest BCUT2D eigenvalue weighted by Crippen LogP contribution is -2.35. The first-order valence-electron chi connectivity index (χ1n) is 7.22. The molecule has 1 aromatic rings. The van der Waals surface area contributed by atoms with Gasteiger partial charge in [-0.2, -0.15) is 0 Å². The summed E-state index contributed by atoms with van der Waals surface area (Å²) >= 11 is 0. The fourth-order valence-electron chi connectivity index (χ4n) is 1.90. The van der Waals surface area contributed by atoms with E-state index in [9.17, 15) is 9.59 Å². The Morgan fingerprint density at radius 1 is 1.27 bits per heavy atom. The van der Waals surface area contributed by atoms with E-state index in [1.165, 1.54) is 0 Å². The van der Waals surface area contributed by atoms with E-state index >= 15 is 0 Å². The predicted molar refractivity (Wildman–Crippen MR) is 83.5 cm³/mol. The van der Waals surface area contributed by atoms with E-state index in [0.717, 1.165) is 5.56 Å². The fourth-order valence-corrected chi connectivity index (χ4v) is 1.90. The van der Waals surface area contributed by atoms with Gasteiger partial charge in [0.1, 0.15) is 11.4 Å². The van der Waals surface area contributed by atoms with E-state index in [1.54, 1.807) is 32.9 Å². The lowest BCUT2D eigenvalue weighted by Gasteiger charge is -2.24. The first-order chi connectivity index (χ1) is 10.2. The summed E-state index contributed by atoms with van der Waals surface area (Å²) in [6.45, 7) is 7.14. The third kappa shape index (κ3) is 6.03. The van der Waals surface area contributed by atoms with Crippen LogP contribution in [-0.4, -0.2) is 24.2 Å². The summed E-state index contributed by atoms with van der Waals surface area (Å²) in [6, 6.07) is 6.92. The number of alkyl carbamates (subject to hydrolysis) is 1.